The largest absolute Gasteiger partial charge is 0.299 e. The summed E-state index contributed by atoms with van der Waals surface area (Å²) in [5, 5.41) is 0. The molecule has 1 unspecified atom stereocenters. The average molecular weight is 216 g/mol. The number of aryl methyl sites for hydroxylation is 2. The van der Waals surface area contributed by atoms with E-state index in [0.717, 1.165) is 19.3 Å². The molecule has 86 valence electrons. The normalized spacial score (nSPS) is 21.9. The van der Waals surface area contributed by atoms with Crippen LogP contribution in [0.4, 0.5) is 0 Å². The van der Waals surface area contributed by atoms with E-state index in [1.165, 1.54) is 29.5 Å². The molecule has 1 fully saturated rings. The van der Waals surface area contributed by atoms with Gasteiger partial charge in [-0.15, -0.1) is 0 Å². The molecule has 1 atom stereocenters. The predicted molar refractivity (Wildman–Crippen MR) is 66.7 cm³/mol. The summed E-state index contributed by atoms with van der Waals surface area (Å²) in [6, 6.07) is 6.46. The summed E-state index contributed by atoms with van der Waals surface area (Å²) < 4.78 is 0. The fraction of sp³-hybridized carbons (Fsp3) is 0.533. The minimum absolute atomic E-state index is 0.169. The molecule has 1 aliphatic rings. The lowest BCUT2D eigenvalue weighted by Crippen LogP contribution is -2.12. The molecule has 0 bridgehead atoms. The van der Waals surface area contributed by atoms with Crippen molar-refractivity contribution in [3.8, 4) is 0 Å². The van der Waals surface area contributed by atoms with Gasteiger partial charge in [-0.3, -0.25) is 4.79 Å². The molecule has 1 heteroatoms. The molecule has 16 heavy (non-hydrogen) atoms. The SMILES string of the molecule is Cc1ccc(C)c(C2CCCCCC2=O)c1. The zero-order chi connectivity index (χ0) is 11.5. The molecule has 0 spiro atoms. The number of benzene rings is 1. The highest BCUT2D eigenvalue weighted by Gasteiger charge is 2.23. The third-order valence-electron chi connectivity index (χ3n) is 3.61. The number of ketones is 1. The van der Waals surface area contributed by atoms with Gasteiger partial charge in [0.25, 0.3) is 0 Å². The van der Waals surface area contributed by atoms with Gasteiger partial charge in [0.15, 0.2) is 0 Å². The van der Waals surface area contributed by atoms with E-state index in [2.05, 4.69) is 32.0 Å². The van der Waals surface area contributed by atoms with Crippen molar-refractivity contribution in [1.29, 1.82) is 0 Å². The Morgan fingerprint density at radius 2 is 1.94 bits per heavy atom. The molecule has 0 heterocycles. The van der Waals surface area contributed by atoms with Crippen molar-refractivity contribution < 1.29 is 4.79 Å². The van der Waals surface area contributed by atoms with Gasteiger partial charge in [0, 0.05) is 12.3 Å². The summed E-state index contributed by atoms with van der Waals surface area (Å²) in [5.74, 6) is 0.619. The minimum Gasteiger partial charge on any atom is -0.299 e. The third-order valence-corrected chi connectivity index (χ3v) is 3.61. The Labute approximate surface area is 97.9 Å². The number of rotatable bonds is 1. The van der Waals surface area contributed by atoms with Gasteiger partial charge in [-0.2, -0.15) is 0 Å². The maximum atomic E-state index is 12.1. The van der Waals surface area contributed by atoms with Crippen LogP contribution in [-0.2, 0) is 4.79 Å². The minimum atomic E-state index is 0.169. The van der Waals surface area contributed by atoms with E-state index in [4.69, 9.17) is 0 Å². The molecular weight excluding hydrogens is 196 g/mol. The molecule has 1 aromatic rings. The van der Waals surface area contributed by atoms with Gasteiger partial charge in [-0.1, -0.05) is 36.6 Å². The first-order valence-corrected chi connectivity index (χ1v) is 6.28. The van der Waals surface area contributed by atoms with Crippen molar-refractivity contribution in [2.45, 2.75) is 51.9 Å². The number of Topliss-reactive ketones (excluding diaryl/α,β-unsaturated/α-hetero) is 1. The quantitative estimate of drug-likeness (QED) is 0.650. The fourth-order valence-electron chi connectivity index (χ4n) is 2.62. The second kappa shape index (κ2) is 4.82. The molecule has 0 aliphatic heterocycles. The summed E-state index contributed by atoms with van der Waals surface area (Å²) in [6.45, 7) is 4.22. The highest BCUT2D eigenvalue weighted by molar-refractivity contribution is 5.86. The molecule has 0 radical (unpaired) electrons. The lowest BCUT2D eigenvalue weighted by molar-refractivity contribution is -0.120. The van der Waals surface area contributed by atoms with E-state index in [9.17, 15) is 4.79 Å². The first-order valence-electron chi connectivity index (χ1n) is 6.28. The number of hydrogen-bond donors (Lipinski definition) is 0. The first-order chi connectivity index (χ1) is 7.68. The van der Waals surface area contributed by atoms with E-state index >= 15 is 0 Å². The molecule has 0 aromatic heterocycles. The number of carbonyl (C=O) groups is 1. The summed E-state index contributed by atoms with van der Waals surface area (Å²) in [4.78, 5) is 12.1. The van der Waals surface area contributed by atoms with Gasteiger partial charge < -0.3 is 0 Å². The Kier molecular flexibility index (Phi) is 3.42. The van der Waals surface area contributed by atoms with Crippen LogP contribution in [-0.4, -0.2) is 5.78 Å². The van der Waals surface area contributed by atoms with E-state index in [1.807, 2.05) is 0 Å². The number of hydrogen-bond acceptors (Lipinski definition) is 1. The molecule has 2 rings (SSSR count). The highest BCUT2D eigenvalue weighted by atomic mass is 16.1. The lowest BCUT2D eigenvalue weighted by atomic mass is 9.87. The van der Waals surface area contributed by atoms with E-state index in [-0.39, 0.29) is 5.92 Å². The van der Waals surface area contributed by atoms with E-state index < -0.39 is 0 Å². The molecule has 1 saturated carbocycles. The summed E-state index contributed by atoms with van der Waals surface area (Å²) in [5.41, 5.74) is 3.80. The standard InChI is InChI=1S/C15H20O/c1-11-8-9-12(2)14(10-11)13-6-4-3-5-7-15(13)16/h8-10,13H,3-7H2,1-2H3. The Hall–Kier alpha value is -1.11. The van der Waals surface area contributed by atoms with Gasteiger partial charge in [-0.25, -0.2) is 0 Å². The van der Waals surface area contributed by atoms with E-state index in [1.54, 1.807) is 0 Å². The van der Waals surface area contributed by atoms with Crippen molar-refractivity contribution in [2.24, 2.45) is 0 Å². The van der Waals surface area contributed by atoms with Crippen molar-refractivity contribution in [2.75, 3.05) is 0 Å². The summed E-state index contributed by atoms with van der Waals surface area (Å²) in [7, 11) is 0. The van der Waals surface area contributed by atoms with Crippen LogP contribution in [0.3, 0.4) is 0 Å². The molecule has 0 saturated heterocycles. The molecule has 0 N–H and O–H groups in total. The summed E-state index contributed by atoms with van der Waals surface area (Å²) in [6.07, 6.45) is 5.32. The van der Waals surface area contributed by atoms with Crippen LogP contribution in [0.15, 0.2) is 18.2 Å². The Morgan fingerprint density at radius 3 is 2.75 bits per heavy atom. The number of carbonyl (C=O) groups excluding carboxylic acids is 1. The van der Waals surface area contributed by atoms with E-state index in [0.29, 0.717) is 5.78 Å². The zero-order valence-electron chi connectivity index (χ0n) is 10.3. The molecule has 1 nitrogen and oxygen atoms in total. The summed E-state index contributed by atoms with van der Waals surface area (Å²) >= 11 is 0. The van der Waals surface area contributed by atoms with Crippen LogP contribution in [0.5, 0.6) is 0 Å². The highest BCUT2D eigenvalue weighted by Crippen LogP contribution is 2.31. The van der Waals surface area contributed by atoms with Crippen LogP contribution in [0.1, 0.15) is 54.7 Å². The topological polar surface area (TPSA) is 17.1 Å². The Balaban J connectivity index is 2.33. The van der Waals surface area contributed by atoms with Gasteiger partial charge in [0.1, 0.15) is 5.78 Å². The van der Waals surface area contributed by atoms with Crippen molar-refractivity contribution in [3.63, 3.8) is 0 Å². The smallest absolute Gasteiger partial charge is 0.140 e. The first kappa shape index (κ1) is 11.4. The third kappa shape index (κ3) is 2.34. The van der Waals surface area contributed by atoms with Crippen LogP contribution in [0, 0.1) is 13.8 Å². The maximum absolute atomic E-state index is 12.1. The maximum Gasteiger partial charge on any atom is 0.140 e. The second-order valence-electron chi connectivity index (χ2n) is 4.98. The molecule has 0 amide bonds. The van der Waals surface area contributed by atoms with Crippen molar-refractivity contribution in [1.82, 2.24) is 0 Å². The van der Waals surface area contributed by atoms with Gasteiger partial charge in [0.05, 0.1) is 0 Å². The fourth-order valence-corrected chi connectivity index (χ4v) is 2.62. The van der Waals surface area contributed by atoms with Crippen LogP contribution >= 0.6 is 0 Å². The van der Waals surface area contributed by atoms with Gasteiger partial charge in [-0.05, 0) is 37.8 Å². The monoisotopic (exact) mass is 216 g/mol. The van der Waals surface area contributed by atoms with Crippen molar-refractivity contribution >= 4 is 5.78 Å². The molecule has 1 aromatic carbocycles. The van der Waals surface area contributed by atoms with Gasteiger partial charge >= 0.3 is 0 Å². The lowest BCUT2D eigenvalue weighted by Gasteiger charge is -2.16. The molecular formula is C15H20O. The van der Waals surface area contributed by atoms with Crippen LogP contribution < -0.4 is 0 Å². The second-order valence-corrected chi connectivity index (χ2v) is 4.98. The Bertz CT molecular complexity index is 392. The zero-order valence-corrected chi connectivity index (χ0v) is 10.3. The predicted octanol–water partition coefficient (Wildman–Crippen LogP) is 3.92. The average Bonchev–Trinajstić information content (AvgIpc) is 2.47. The van der Waals surface area contributed by atoms with Crippen molar-refractivity contribution in [3.05, 3.63) is 34.9 Å². The van der Waals surface area contributed by atoms with Crippen LogP contribution in [0.25, 0.3) is 0 Å². The Morgan fingerprint density at radius 1 is 1.12 bits per heavy atom. The molecule has 1 aliphatic carbocycles. The van der Waals surface area contributed by atoms with Gasteiger partial charge in [0.2, 0.25) is 0 Å². The van der Waals surface area contributed by atoms with Crippen LogP contribution in [0.2, 0.25) is 0 Å².